The molecule has 2 atom stereocenters. The lowest BCUT2D eigenvalue weighted by Crippen LogP contribution is -2.42. The number of hydrogen-bond donors (Lipinski definition) is 2. The molecule has 0 amide bonds. The zero-order valence-electron chi connectivity index (χ0n) is 14.0. The van der Waals surface area contributed by atoms with Crippen molar-refractivity contribution in [3.63, 3.8) is 0 Å². The van der Waals surface area contributed by atoms with Crippen LogP contribution in [0.4, 0.5) is 5.82 Å². The predicted octanol–water partition coefficient (Wildman–Crippen LogP) is 2.10. The number of nitrogens with zero attached hydrogens (tertiary/aromatic N) is 3. The van der Waals surface area contributed by atoms with Crippen molar-refractivity contribution in [1.29, 1.82) is 0 Å². The van der Waals surface area contributed by atoms with E-state index in [1.807, 2.05) is 50.1 Å². The number of guanidine groups is 1. The van der Waals surface area contributed by atoms with Crippen LogP contribution in [0.1, 0.15) is 24.8 Å². The number of rotatable bonds is 5. The largest absolute Gasteiger partial charge is 0.362 e. The van der Waals surface area contributed by atoms with E-state index in [2.05, 4.69) is 32.9 Å². The van der Waals surface area contributed by atoms with Gasteiger partial charge in [0.25, 0.3) is 0 Å². The molecule has 0 bridgehead atoms. The molecule has 2 N–H and O–H groups in total. The van der Waals surface area contributed by atoms with E-state index in [0.717, 1.165) is 23.6 Å². The van der Waals surface area contributed by atoms with Crippen molar-refractivity contribution in [3.8, 4) is 0 Å². The average Bonchev–Trinajstić information content (AvgIpc) is 2.99. The zero-order valence-corrected chi connectivity index (χ0v) is 14.8. The summed E-state index contributed by atoms with van der Waals surface area (Å²) in [7, 11) is 5.85. The molecule has 0 aliphatic heterocycles. The first-order valence-corrected chi connectivity index (χ1v) is 9.04. The minimum absolute atomic E-state index is 0.533. The lowest BCUT2D eigenvalue weighted by Gasteiger charge is -2.19. The third-order valence-electron chi connectivity index (χ3n) is 4.02. The van der Waals surface area contributed by atoms with Crippen LogP contribution in [0.2, 0.25) is 0 Å². The van der Waals surface area contributed by atoms with Crippen LogP contribution in [0, 0.1) is 0 Å². The minimum Gasteiger partial charge on any atom is -0.362 e. The van der Waals surface area contributed by atoms with Gasteiger partial charge in [-0.05, 0) is 31.6 Å². The molecule has 1 heterocycles. The minimum atomic E-state index is 0.533. The highest BCUT2D eigenvalue weighted by Gasteiger charge is 2.24. The Labute approximate surface area is 138 Å². The molecule has 1 saturated carbocycles. The van der Waals surface area contributed by atoms with Crippen LogP contribution in [0.15, 0.2) is 23.3 Å². The summed E-state index contributed by atoms with van der Waals surface area (Å²) >= 11 is 1.97. The fraction of sp³-hybridized carbons (Fsp3) is 0.625. The monoisotopic (exact) mass is 321 g/mol. The number of thioether (sulfide) groups is 1. The van der Waals surface area contributed by atoms with Gasteiger partial charge >= 0.3 is 0 Å². The molecular formula is C16H27N5S. The highest BCUT2D eigenvalue weighted by molar-refractivity contribution is 7.99. The van der Waals surface area contributed by atoms with Crippen molar-refractivity contribution in [1.82, 2.24) is 15.6 Å². The van der Waals surface area contributed by atoms with Gasteiger partial charge in [0.2, 0.25) is 0 Å². The third-order valence-corrected chi connectivity index (χ3v) is 5.11. The summed E-state index contributed by atoms with van der Waals surface area (Å²) in [5.74, 6) is 1.87. The molecule has 6 heteroatoms. The van der Waals surface area contributed by atoms with Crippen LogP contribution in [0.25, 0.3) is 0 Å². The van der Waals surface area contributed by atoms with Crippen molar-refractivity contribution >= 4 is 23.5 Å². The number of hydrogen-bond acceptors (Lipinski definition) is 4. The second kappa shape index (κ2) is 8.27. The smallest absolute Gasteiger partial charge is 0.191 e. The molecule has 2 unspecified atom stereocenters. The van der Waals surface area contributed by atoms with Gasteiger partial charge in [-0.25, -0.2) is 4.98 Å². The molecule has 1 fully saturated rings. The highest BCUT2D eigenvalue weighted by Crippen LogP contribution is 2.28. The summed E-state index contributed by atoms with van der Waals surface area (Å²) in [5.41, 5.74) is 1.17. The molecule has 5 nitrogen and oxygen atoms in total. The standard InChI is InChI=1S/C16H27N5S/c1-17-16(20-13-7-8-14(10-13)22-4)19-11-12-6-5-9-18-15(12)21(2)3/h5-6,9,13-14H,7-8,10-11H2,1-4H3,(H2,17,19,20). The zero-order chi connectivity index (χ0) is 15.9. The quantitative estimate of drug-likeness (QED) is 0.642. The van der Waals surface area contributed by atoms with E-state index >= 15 is 0 Å². The summed E-state index contributed by atoms with van der Waals surface area (Å²) in [5, 5.41) is 7.73. The Morgan fingerprint density at radius 1 is 1.45 bits per heavy atom. The van der Waals surface area contributed by atoms with Crippen molar-refractivity contribution in [2.24, 2.45) is 4.99 Å². The summed E-state index contributed by atoms with van der Waals surface area (Å²) < 4.78 is 0. The summed E-state index contributed by atoms with van der Waals surface area (Å²) in [6.07, 6.45) is 7.77. The van der Waals surface area contributed by atoms with Gasteiger partial charge in [0.05, 0.1) is 0 Å². The summed E-state index contributed by atoms with van der Waals surface area (Å²) in [6.45, 7) is 0.722. The molecule has 1 aliphatic rings. The molecule has 22 heavy (non-hydrogen) atoms. The highest BCUT2D eigenvalue weighted by atomic mass is 32.2. The number of anilines is 1. The lowest BCUT2D eigenvalue weighted by atomic mass is 10.2. The Morgan fingerprint density at radius 3 is 2.91 bits per heavy atom. The molecule has 0 saturated heterocycles. The number of aliphatic imine (C=N–C) groups is 1. The van der Waals surface area contributed by atoms with Gasteiger partial charge in [0.15, 0.2) is 5.96 Å². The van der Waals surface area contributed by atoms with E-state index in [1.54, 1.807) is 0 Å². The number of nitrogens with one attached hydrogen (secondary N) is 2. The van der Waals surface area contributed by atoms with E-state index in [-0.39, 0.29) is 0 Å². The summed E-state index contributed by atoms with van der Waals surface area (Å²) in [6, 6.07) is 4.60. The van der Waals surface area contributed by atoms with Gasteiger partial charge in [0.1, 0.15) is 5.82 Å². The SMILES string of the molecule is CN=C(NCc1cccnc1N(C)C)NC1CCC(SC)C1. The van der Waals surface area contributed by atoms with Gasteiger partial charge in [-0.2, -0.15) is 11.8 Å². The van der Waals surface area contributed by atoms with E-state index in [0.29, 0.717) is 6.04 Å². The van der Waals surface area contributed by atoms with Crippen LogP contribution in [0.3, 0.4) is 0 Å². The molecule has 0 radical (unpaired) electrons. The van der Waals surface area contributed by atoms with E-state index in [1.165, 1.54) is 24.8 Å². The molecule has 1 aromatic rings. The molecular weight excluding hydrogens is 294 g/mol. The first kappa shape index (κ1) is 16.9. The molecule has 0 aromatic carbocycles. The van der Waals surface area contributed by atoms with Crippen LogP contribution in [0.5, 0.6) is 0 Å². The first-order chi connectivity index (χ1) is 10.6. The molecule has 1 aliphatic carbocycles. The normalized spacial score (nSPS) is 21.7. The first-order valence-electron chi connectivity index (χ1n) is 7.75. The molecule has 0 spiro atoms. The maximum atomic E-state index is 4.43. The van der Waals surface area contributed by atoms with E-state index in [9.17, 15) is 0 Å². The maximum Gasteiger partial charge on any atom is 0.191 e. The Bertz CT molecular complexity index is 503. The van der Waals surface area contributed by atoms with Crippen molar-refractivity contribution in [2.45, 2.75) is 37.1 Å². The van der Waals surface area contributed by atoms with Gasteiger partial charge in [-0.3, -0.25) is 4.99 Å². The van der Waals surface area contributed by atoms with Crippen LogP contribution < -0.4 is 15.5 Å². The van der Waals surface area contributed by atoms with Gasteiger partial charge in [0, 0.05) is 50.7 Å². The van der Waals surface area contributed by atoms with Gasteiger partial charge in [-0.15, -0.1) is 0 Å². The van der Waals surface area contributed by atoms with Gasteiger partial charge < -0.3 is 15.5 Å². The second-order valence-electron chi connectivity index (χ2n) is 5.82. The number of aromatic nitrogens is 1. The van der Waals surface area contributed by atoms with Crippen molar-refractivity contribution < 1.29 is 0 Å². The predicted molar refractivity (Wildman–Crippen MR) is 96.8 cm³/mol. The molecule has 122 valence electrons. The van der Waals surface area contributed by atoms with Crippen LogP contribution in [-0.2, 0) is 6.54 Å². The third kappa shape index (κ3) is 4.53. The lowest BCUT2D eigenvalue weighted by molar-refractivity contribution is 0.614. The number of pyridine rings is 1. The van der Waals surface area contributed by atoms with Crippen LogP contribution >= 0.6 is 11.8 Å². The molecule has 2 rings (SSSR count). The maximum absolute atomic E-state index is 4.43. The summed E-state index contributed by atoms with van der Waals surface area (Å²) in [4.78, 5) is 10.8. The Kier molecular flexibility index (Phi) is 6.36. The van der Waals surface area contributed by atoms with E-state index in [4.69, 9.17) is 0 Å². The Balaban J connectivity index is 1.89. The molecule has 1 aromatic heterocycles. The second-order valence-corrected chi connectivity index (χ2v) is 6.96. The van der Waals surface area contributed by atoms with E-state index < -0.39 is 0 Å². The van der Waals surface area contributed by atoms with Crippen molar-refractivity contribution in [2.75, 3.05) is 32.3 Å². The van der Waals surface area contributed by atoms with Crippen LogP contribution in [-0.4, -0.2) is 49.6 Å². The topological polar surface area (TPSA) is 52.6 Å². The Morgan fingerprint density at radius 2 is 2.27 bits per heavy atom. The van der Waals surface area contributed by atoms with Gasteiger partial charge in [-0.1, -0.05) is 6.07 Å². The fourth-order valence-corrected chi connectivity index (χ4v) is 3.62. The Hall–Kier alpha value is -1.43. The average molecular weight is 321 g/mol. The van der Waals surface area contributed by atoms with Crippen molar-refractivity contribution in [3.05, 3.63) is 23.9 Å². The fourth-order valence-electron chi connectivity index (χ4n) is 2.82.